The SMILES string of the molecule is COc1cccnc1NC1CCCCCCC1. The molecule has 3 nitrogen and oxygen atoms in total. The summed E-state index contributed by atoms with van der Waals surface area (Å²) >= 11 is 0. The Morgan fingerprint density at radius 1 is 1.18 bits per heavy atom. The van der Waals surface area contributed by atoms with Gasteiger partial charge in [-0.3, -0.25) is 0 Å². The van der Waals surface area contributed by atoms with Crippen LogP contribution in [0.25, 0.3) is 0 Å². The Kier molecular flexibility index (Phi) is 4.65. The van der Waals surface area contributed by atoms with E-state index in [0.29, 0.717) is 6.04 Å². The zero-order valence-corrected chi connectivity index (χ0v) is 10.6. The second kappa shape index (κ2) is 6.48. The van der Waals surface area contributed by atoms with Crippen LogP contribution in [0.3, 0.4) is 0 Å². The molecular weight excluding hydrogens is 212 g/mol. The molecule has 0 radical (unpaired) electrons. The highest BCUT2D eigenvalue weighted by Crippen LogP contribution is 2.25. The number of hydrogen-bond donors (Lipinski definition) is 1. The molecule has 0 amide bonds. The molecule has 1 aromatic rings. The lowest BCUT2D eigenvalue weighted by molar-refractivity contribution is 0.412. The van der Waals surface area contributed by atoms with Crippen LogP contribution < -0.4 is 10.1 Å². The molecule has 0 atom stereocenters. The molecule has 94 valence electrons. The summed E-state index contributed by atoms with van der Waals surface area (Å²) in [7, 11) is 1.69. The molecule has 0 bridgehead atoms. The number of hydrogen-bond acceptors (Lipinski definition) is 3. The molecule has 0 spiro atoms. The highest BCUT2D eigenvalue weighted by Gasteiger charge is 2.13. The average molecular weight is 234 g/mol. The number of nitrogens with one attached hydrogen (secondary N) is 1. The molecule has 0 aliphatic heterocycles. The van der Waals surface area contributed by atoms with Crippen molar-refractivity contribution in [3.63, 3.8) is 0 Å². The number of methoxy groups -OCH3 is 1. The molecule has 1 saturated carbocycles. The first-order chi connectivity index (χ1) is 8.40. The van der Waals surface area contributed by atoms with E-state index in [-0.39, 0.29) is 0 Å². The minimum Gasteiger partial charge on any atom is -0.493 e. The summed E-state index contributed by atoms with van der Waals surface area (Å²) in [5.41, 5.74) is 0. The third kappa shape index (κ3) is 3.62. The zero-order chi connectivity index (χ0) is 11.9. The first kappa shape index (κ1) is 12.2. The van der Waals surface area contributed by atoms with Crippen molar-refractivity contribution < 1.29 is 4.74 Å². The average Bonchev–Trinajstić information content (AvgIpc) is 2.33. The molecule has 3 heteroatoms. The van der Waals surface area contributed by atoms with Gasteiger partial charge in [-0.1, -0.05) is 32.1 Å². The Hall–Kier alpha value is -1.25. The summed E-state index contributed by atoms with van der Waals surface area (Å²) in [4.78, 5) is 4.36. The van der Waals surface area contributed by atoms with Crippen molar-refractivity contribution in [3.05, 3.63) is 18.3 Å². The van der Waals surface area contributed by atoms with Gasteiger partial charge in [0.05, 0.1) is 7.11 Å². The van der Waals surface area contributed by atoms with E-state index in [1.54, 1.807) is 7.11 Å². The van der Waals surface area contributed by atoms with Crippen molar-refractivity contribution in [2.75, 3.05) is 12.4 Å². The van der Waals surface area contributed by atoms with E-state index in [1.807, 2.05) is 18.3 Å². The van der Waals surface area contributed by atoms with Gasteiger partial charge in [0.1, 0.15) is 0 Å². The van der Waals surface area contributed by atoms with Crippen LogP contribution in [0.1, 0.15) is 44.9 Å². The molecule has 17 heavy (non-hydrogen) atoms. The number of rotatable bonds is 3. The number of nitrogens with zero attached hydrogens (tertiary/aromatic N) is 1. The van der Waals surface area contributed by atoms with Crippen LogP contribution in [0, 0.1) is 0 Å². The van der Waals surface area contributed by atoms with E-state index in [1.165, 1.54) is 44.9 Å². The quantitative estimate of drug-likeness (QED) is 0.867. The maximum Gasteiger partial charge on any atom is 0.168 e. The molecule has 0 unspecified atom stereocenters. The maximum absolute atomic E-state index is 5.32. The van der Waals surface area contributed by atoms with Crippen LogP contribution in [0.15, 0.2) is 18.3 Å². The molecule has 1 N–H and O–H groups in total. The van der Waals surface area contributed by atoms with Crippen LogP contribution in [-0.4, -0.2) is 18.1 Å². The summed E-state index contributed by atoms with van der Waals surface area (Å²) in [5, 5.41) is 3.53. The standard InChI is InChI=1S/C14H22N2O/c1-17-13-10-7-11-15-14(13)16-12-8-5-3-2-4-6-9-12/h7,10-12H,2-6,8-9H2,1H3,(H,15,16). The Balaban J connectivity index is 1.97. The summed E-state index contributed by atoms with van der Waals surface area (Å²) in [5.74, 6) is 1.73. The van der Waals surface area contributed by atoms with Gasteiger partial charge in [0.2, 0.25) is 0 Å². The van der Waals surface area contributed by atoms with Gasteiger partial charge in [-0.05, 0) is 25.0 Å². The largest absolute Gasteiger partial charge is 0.493 e. The molecule has 1 aliphatic rings. The van der Waals surface area contributed by atoms with Crippen molar-refractivity contribution in [1.82, 2.24) is 4.98 Å². The summed E-state index contributed by atoms with van der Waals surface area (Å²) in [6, 6.07) is 4.42. The van der Waals surface area contributed by atoms with Crippen LogP contribution in [0.2, 0.25) is 0 Å². The predicted molar refractivity (Wildman–Crippen MR) is 70.5 cm³/mol. The molecule has 1 heterocycles. The lowest BCUT2D eigenvalue weighted by atomic mass is 9.97. The number of anilines is 1. The van der Waals surface area contributed by atoms with Gasteiger partial charge in [0, 0.05) is 12.2 Å². The van der Waals surface area contributed by atoms with Crippen molar-refractivity contribution in [3.8, 4) is 5.75 Å². The van der Waals surface area contributed by atoms with Crippen molar-refractivity contribution >= 4 is 5.82 Å². The zero-order valence-electron chi connectivity index (χ0n) is 10.6. The summed E-state index contributed by atoms with van der Waals surface area (Å²) < 4.78 is 5.32. The Bertz CT molecular complexity index is 333. The number of aromatic nitrogens is 1. The van der Waals surface area contributed by atoms with Crippen LogP contribution in [0.5, 0.6) is 5.75 Å². The highest BCUT2D eigenvalue weighted by atomic mass is 16.5. The first-order valence-electron chi connectivity index (χ1n) is 6.65. The Labute approximate surface area is 104 Å². The fourth-order valence-corrected chi connectivity index (χ4v) is 2.46. The van der Waals surface area contributed by atoms with E-state index in [9.17, 15) is 0 Å². The lowest BCUT2D eigenvalue weighted by Gasteiger charge is -2.22. The Morgan fingerprint density at radius 3 is 2.59 bits per heavy atom. The predicted octanol–water partition coefficient (Wildman–Crippen LogP) is 3.62. The molecule has 1 aliphatic carbocycles. The van der Waals surface area contributed by atoms with Crippen molar-refractivity contribution in [2.24, 2.45) is 0 Å². The smallest absolute Gasteiger partial charge is 0.168 e. The van der Waals surface area contributed by atoms with Gasteiger partial charge in [0.25, 0.3) is 0 Å². The van der Waals surface area contributed by atoms with E-state index >= 15 is 0 Å². The maximum atomic E-state index is 5.32. The summed E-state index contributed by atoms with van der Waals surface area (Å²) in [6.45, 7) is 0. The second-order valence-corrected chi connectivity index (χ2v) is 4.74. The molecule has 0 aromatic carbocycles. The monoisotopic (exact) mass is 234 g/mol. The van der Waals surface area contributed by atoms with Gasteiger partial charge >= 0.3 is 0 Å². The van der Waals surface area contributed by atoms with E-state index in [4.69, 9.17) is 4.74 Å². The van der Waals surface area contributed by atoms with E-state index in [2.05, 4.69) is 10.3 Å². The minimum atomic E-state index is 0.555. The molecule has 1 aromatic heterocycles. The third-order valence-corrected chi connectivity index (χ3v) is 3.44. The van der Waals surface area contributed by atoms with E-state index in [0.717, 1.165) is 11.6 Å². The van der Waals surface area contributed by atoms with Gasteiger partial charge in [-0.25, -0.2) is 4.98 Å². The molecule has 2 rings (SSSR count). The van der Waals surface area contributed by atoms with Crippen LogP contribution in [0.4, 0.5) is 5.82 Å². The Morgan fingerprint density at radius 2 is 1.88 bits per heavy atom. The minimum absolute atomic E-state index is 0.555. The fourth-order valence-electron chi connectivity index (χ4n) is 2.46. The van der Waals surface area contributed by atoms with E-state index < -0.39 is 0 Å². The fraction of sp³-hybridized carbons (Fsp3) is 0.643. The molecule has 1 fully saturated rings. The second-order valence-electron chi connectivity index (χ2n) is 4.74. The number of ether oxygens (including phenoxy) is 1. The first-order valence-corrected chi connectivity index (χ1v) is 6.65. The third-order valence-electron chi connectivity index (χ3n) is 3.44. The number of pyridine rings is 1. The highest BCUT2D eigenvalue weighted by molar-refractivity contribution is 5.50. The lowest BCUT2D eigenvalue weighted by Crippen LogP contribution is -2.21. The van der Waals surface area contributed by atoms with Crippen molar-refractivity contribution in [1.29, 1.82) is 0 Å². The van der Waals surface area contributed by atoms with Crippen LogP contribution in [-0.2, 0) is 0 Å². The van der Waals surface area contributed by atoms with Gasteiger partial charge in [-0.2, -0.15) is 0 Å². The van der Waals surface area contributed by atoms with Gasteiger partial charge in [0.15, 0.2) is 11.6 Å². The normalized spacial score (nSPS) is 18.2. The molecule has 0 saturated heterocycles. The van der Waals surface area contributed by atoms with Crippen molar-refractivity contribution in [2.45, 2.75) is 51.0 Å². The molecular formula is C14H22N2O. The van der Waals surface area contributed by atoms with Crippen LogP contribution >= 0.6 is 0 Å². The summed E-state index contributed by atoms with van der Waals surface area (Å²) in [6.07, 6.45) is 11.1. The van der Waals surface area contributed by atoms with Gasteiger partial charge in [-0.15, -0.1) is 0 Å². The van der Waals surface area contributed by atoms with Gasteiger partial charge < -0.3 is 10.1 Å². The topological polar surface area (TPSA) is 34.1 Å².